The lowest BCUT2D eigenvalue weighted by atomic mass is 9.98. The van der Waals surface area contributed by atoms with Gasteiger partial charge in [-0.1, -0.05) is 15.9 Å². The number of rotatable bonds is 1. The van der Waals surface area contributed by atoms with E-state index in [0.717, 1.165) is 40.6 Å². The Labute approximate surface area is 149 Å². The van der Waals surface area contributed by atoms with Crippen molar-refractivity contribution in [2.75, 3.05) is 0 Å². The highest BCUT2D eigenvalue weighted by molar-refractivity contribution is 9.10. The average Bonchev–Trinajstić information content (AvgIpc) is 3.17. The fraction of sp³-hybridized carbons (Fsp3) is 0.556. The summed E-state index contributed by atoms with van der Waals surface area (Å²) in [6, 6.07) is 6.26. The van der Waals surface area contributed by atoms with Gasteiger partial charge in [-0.3, -0.25) is 4.90 Å². The molecule has 5 nitrogen and oxygen atoms in total. The van der Waals surface area contributed by atoms with Crippen molar-refractivity contribution in [3.63, 3.8) is 0 Å². The fourth-order valence-electron chi connectivity index (χ4n) is 4.06. The van der Waals surface area contributed by atoms with E-state index in [1.165, 1.54) is 0 Å². The topological polar surface area (TPSA) is 58.2 Å². The molecule has 4 rings (SSSR count). The summed E-state index contributed by atoms with van der Waals surface area (Å²) in [5.41, 5.74) is 1.44. The number of aromatic amines is 1. The number of hydrogen-bond donors (Lipinski definition) is 1. The molecule has 3 atom stereocenters. The molecule has 2 heterocycles. The van der Waals surface area contributed by atoms with Gasteiger partial charge < -0.3 is 9.72 Å². The first-order chi connectivity index (χ1) is 11.3. The number of piperidine rings is 1. The summed E-state index contributed by atoms with van der Waals surface area (Å²) in [4.78, 5) is 22.9. The number of fused-ring (bicyclic) bond motifs is 3. The molecule has 2 fully saturated rings. The van der Waals surface area contributed by atoms with E-state index in [2.05, 4.69) is 20.9 Å². The maximum Gasteiger partial charge on any atom is 0.411 e. The lowest BCUT2D eigenvalue weighted by Crippen LogP contribution is -2.43. The van der Waals surface area contributed by atoms with Crippen LogP contribution in [0.5, 0.6) is 0 Å². The quantitative estimate of drug-likeness (QED) is 0.760. The van der Waals surface area contributed by atoms with Crippen LogP contribution in [0.1, 0.15) is 51.9 Å². The molecule has 1 saturated heterocycles. The van der Waals surface area contributed by atoms with Gasteiger partial charge in [0.15, 0.2) is 0 Å². The first-order valence-corrected chi connectivity index (χ1v) is 9.27. The molecule has 1 saturated carbocycles. The number of carbonyl (C=O) groups excluding carboxylic acids is 1. The van der Waals surface area contributed by atoms with Crippen molar-refractivity contribution < 1.29 is 9.53 Å². The SMILES string of the molecule is CC(C)(C)OC(=O)N1[C@@H]2CCC(C2)[C@H]1c1nc2ccc(Br)cc2[nH]1. The van der Waals surface area contributed by atoms with Crippen LogP contribution < -0.4 is 0 Å². The molecule has 1 N–H and O–H groups in total. The minimum absolute atomic E-state index is 0.00947. The molecule has 2 bridgehead atoms. The molecular weight excluding hydrogens is 370 g/mol. The highest BCUT2D eigenvalue weighted by Gasteiger charge is 2.51. The third-order valence-corrected chi connectivity index (χ3v) is 5.43. The van der Waals surface area contributed by atoms with Crippen LogP contribution in [-0.2, 0) is 4.74 Å². The summed E-state index contributed by atoms with van der Waals surface area (Å²) >= 11 is 3.49. The first-order valence-electron chi connectivity index (χ1n) is 8.48. The van der Waals surface area contributed by atoms with Gasteiger partial charge in [0, 0.05) is 10.5 Å². The number of ether oxygens (including phenoxy) is 1. The normalized spacial score (nSPS) is 26.3. The van der Waals surface area contributed by atoms with Crippen molar-refractivity contribution in [2.45, 2.75) is 57.7 Å². The second-order valence-electron chi connectivity index (χ2n) is 7.84. The number of carbonyl (C=O) groups is 1. The number of aromatic nitrogens is 2. The zero-order chi connectivity index (χ0) is 17.1. The van der Waals surface area contributed by atoms with Gasteiger partial charge in [0.05, 0.1) is 17.1 Å². The Balaban J connectivity index is 1.69. The predicted molar refractivity (Wildman–Crippen MR) is 95.7 cm³/mol. The number of nitrogens with one attached hydrogen (secondary N) is 1. The van der Waals surface area contributed by atoms with Gasteiger partial charge in [-0.05, 0) is 64.2 Å². The van der Waals surface area contributed by atoms with Crippen LogP contribution in [0.3, 0.4) is 0 Å². The van der Waals surface area contributed by atoms with E-state index in [9.17, 15) is 4.79 Å². The molecule has 1 aromatic heterocycles. The number of nitrogens with zero attached hydrogens (tertiary/aromatic N) is 2. The summed E-state index contributed by atoms with van der Waals surface area (Å²) in [6.07, 6.45) is 3.04. The zero-order valence-corrected chi connectivity index (χ0v) is 15.8. The minimum Gasteiger partial charge on any atom is -0.444 e. The summed E-state index contributed by atoms with van der Waals surface area (Å²) in [5.74, 6) is 1.34. The van der Waals surface area contributed by atoms with Crippen molar-refractivity contribution in [1.29, 1.82) is 0 Å². The first kappa shape index (κ1) is 15.9. The van der Waals surface area contributed by atoms with Crippen LogP contribution in [0, 0.1) is 5.92 Å². The Bertz CT molecular complexity index is 795. The van der Waals surface area contributed by atoms with Crippen LogP contribution in [0.4, 0.5) is 4.79 Å². The Kier molecular flexibility index (Phi) is 3.64. The molecule has 1 aromatic carbocycles. The molecule has 2 aliphatic rings. The number of halogens is 1. The fourth-order valence-corrected chi connectivity index (χ4v) is 4.42. The van der Waals surface area contributed by atoms with Crippen LogP contribution in [0.25, 0.3) is 11.0 Å². The summed E-state index contributed by atoms with van der Waals surface area (Å²) < 4.78 is 6.67. The maximum absolute atomic E-state index is 12.8. The number of amides is 1. The Morgan fingerprint density at radius 2 is 2.17 bits per heavy atom. The lowest BCUT2D eigenvalue weighted by Gasteiger charge is -2.35. The highest BCUT2D eigenvalue weighted by atomic mass is 79.9. The molecule has 1 amide bonds. The van der Waals surface area contributed by atoms with Gasteiger partial charge in [0.25, 0.3) is 0 Å². The van der Waals surface area contributed by atoms with Gasteiger partial charge in [0.1, 0.15) is 11.4 Å². The number of likely N-dealkylation sites (tertiary alicyclic amines) is 1. The third-order valence-electron chi connectivity index (χ3n) is 4.93. The highest BCUT2D eigenvalue weighted by Crippen LogP contribution is 2.50. The molecular formula is C18H22BrN3O2. The summed E-state index contributed by atoms with van der Waals surface area (Å²) in [7, 11) is 0. The molecule has 6 heteroatoms. The van der Waals surface area contributed by atoms with Crippen molar-refractivity contribution in [2.24, 2.45) is 5.92 Å². The monoisotopic (exact) mass is 391 g/mol. The third kappa shape index (κ3) is 2.70. The Hall–Kier alpha value is -1.56. The number of imidazole rings is 1. The van der Waals surface area contributed by atoms with E-state index in [4.69, 9.17) is 9.72 Å². The molecule has 0 radical (unpaired) electrons. The summed E-state index contributed by atoms with van der Waals surface area (Å²) in [5, 5.41) is 0. The number of benzene rings is 1. The van der Waals surface area contributed by atoms with Gasteiger partial charge >= 0.3 is 6.09 Å². The second-order valence-corrected chi connectivity index (χ2v) is 8.76. The largest absolute Gasteiger partial charge is 0.444 e. The molecule has 1 unspecified atom stereocenters. The minimum atomic E-state index is -0.484. The van der Waals surface area contributed by atoms with Crippen LogP contribution in [0.2, 0.25) is 0 Å². The molecule has 24 heavy (non-hydrogen) atoms. The van der Waals surface area contributed by atoms with Gasteiger partial charge in [-0.2, -0.15) is 0 Å². The second kappa shape index (κ2) is 5.48. The number of H-pyrrole nitrogens is 1. The maximum atomic E-state index is 12.8. The van der Waals surface area contributed by atoms with Crippen molar-refractivity contribution in [1.82, 2.24) is 14.9 Å². The van der Waals surface area contributed by atoms with E-state index in [0.29, 0.717) is 5.92 Å². The van der Waals surface area contributed by atoms with Crippen LogP contribution in [-0.4, -0.2) is 32.6 Å². The Morgan fingerprint density at radius 3 is 2.92 bits per heavy atom. The average molecular weight is 392 g/mol. The van der Waals surface area contributed by atoms with Gasteiger partial charge in [-0.25, -0.2) is 9.78 Å². The standard InChI is InChI=1S/C18H22BrN3O2/c1-18(2,3)24-17(23)22-12-6-4-10(8-12)15(22)16-20-13-7-5-11(19)9-14(13)21-16/h5,7,9-10,12,15H,4,6,8H2,1-3H3,(H,20,21)/t10?,12-,15+/m1/s1. The molecule has 1 aliphatic carbocycles. The van der Waals surface area contributed by atoms with Crippen molar-refractivity contribution in [3.8, 4) is 0 Å². The zero-order valence-electron chi connectivity index (χ0n) is 14.2. The van der Waals surface area contributed by atoms with Gasteiger partial charge in [-0.15, -0.1) is 0 Å². The summed E-state index contributed by atoms with van der Waals surface area (Å²) in [6.45, 7) is 5.73. The molecule has 2 aromatic rings. The van der Waals surface area contributed by atoms with Crippen molar-refractivity contribution in [3.05, 3.63) is 28.5 Å². The van der Waals surface area contributed by atoms with E-state index < -0.39 is 5.60 Å². The van der Waals surface area contributed by atoms with Crippen molar-refractivity contribution >= 4 is 33.1 Å². The van der Waals surface area contributed by atoms with E-state index >= 15 is 0 Å². The lowest BCUT2D eigenvalue weighted by molar-refractivity contribution is 0.00623. The van der Waals surface area contributed by atoms with Gasteiger partial charge in [0.2, 0.25) is 0 Å². The molecule has 128 valence electrons. The van der Waals surface area contributed by atoms with E-state index in [-0.39, 0.29) is 18.2 Å². The Morgan fingerprint density at radius 1 is 1.38 bits per heavy atom. The van der Waals surface area contributed by atoms with E-state index in [1.807, 2.05) is 43.9 Å². The number of hydrogen-bond acceptors (Lipinski definition) is 3. The van der Waals surface area contributed by atoms with E-state index in [1.54, 1.807) is 0 Å². The van der Waals surface area contributed by atoms with Crippen LogP contribution >= 0.6 is 15.9 Å². The predicted octanol–water partition coefficient (Wildman–Crippen LogP) is 4.79. The smallest absolute Gasteiger partial charge is 0.411 e. The molecule has 0 spiro atoms. The van der Waals surface area contributed by atoms with Crippen LogP contribution in [0.15, 0.2) is 22.7 Å². The molecule has 1 aliphatic heterocycles.